The zero-order valence-corrected chi connectivity index (χ0v) is 19.4. The van der Waals surface area contributed by atoms with Crippen LogP contribution in [0.25, 0.3) is 17.0 Å². The monoisotopic (exact) mass is 448 g/mol. The van der Waals surface area contributed by atoms with Crippen molar-refractivity contribution in [1.82, 2.24) is 25.6 Å². The molecule has 2 aromatic heterocycles. The van der Waals surface area contributed by atoms with Gasteiger partial charge in [0.25, 0.3) is 0 Å². The Balaban J connectivity index is 1.47. The van der Waals surface area contributed by atoms with Crippen molar-refractivity contribution < 1.29 is 0 Å². The van der Waals surface area contributed by atoms with Crippen LogP contribution < -0.4 is 4.90 Å². The molecule has 0 fully saturated rings. The van der Waals surface area contributed by atoms with Gasteiger partial charge in [-0.15, -0.1) is 10.2 Å². The van der Waals surface area contributed by atoms with Crippen LogP contribution in [-0.4, -0.2) is 25.6 Å². The van der Waals surface area contributed by atoms with Crippen LogP contribution in [0, 0.1) is 0 Å². The molecule has 1 N–H and O–H groups in total. The van der Waals surface area contributed by atoms with E-state index in [1.165, 1.54) is 47.2 Å². The van der Waals surface area contributed by atoms with E-state index in [1.54, 1.807) is 5.56 Å². The number of anilines is 1. The number of fused-ring (bicyclic) bond motifs is 2. The van der Waals surface area contributed by atoms with Crippen molar-refractivity contribution in [3.05, 3.63) is 94.9 Å². The molecule has 1 atom stereocenters. The average Bonchev–Trinajstić information content (AvgIpc) is 3.57. The van der Waals surface area contributed by atoms with E-state index in [2.05, 4.69) is 79.9 Å². The number of rotatable bonds is 6. The number of aromatic nitrogens is 5. The van der Waals surface area contributed by atoms with Crippen LogP contribution in [0.2, 0.25) is 0 Å². The van der Waals surface area contributed by atoms with Crippen molar-refractivity contribution in [2.45, 2.75) is 51.5 Å². The van der Waals surface area contributed by atoms with Gasteiger partial charge < -0.3 is 4.90 Å². The second kappa shape index (κ2) is 8.86. The minimum absolute atomic E-state index is 0.212. The largest absolute Gasteiger partial charge is 0.337 e. The molecule has 1 aliphatic carbocycles. The Labute approximate surface area is 199 Å². The first-order valence-corrected chi connectivity index (χ1v) is 12.2. The topological polar surface area (TPSA) is 70.6 Å². The standard InChI is InChI=1S/C28H28N6/c1-2-3-7-19-8-5-12-24-23(19)13-14-26-25(24)17-27(21-10-6-15-29-18-21)34(26)22-11-4-9-20(16-22)28-30-32-33-31-28/h4-6,8-12,15-16,18,27H,2-3,7,13-14,17H2,1H3,(H,30,31,32,33). The van der Waals surface area contributed by atoms with E-state index in [1.807, 2.05) is 24.5 Å². The number of pyridine rings is 1. The molecule has 6 heteroatoms. The fourth-order valence-electron chi connectivity index (χ4n) is 5.58. The summed E-state index contributed by atoms with van der Waals surface area (Å²) in [6.45, 7) is 2.27. The number of benzene rings is 2. The number of nitrogens with zero attached hydrogens (tertiary/aromatic N) is 5. The lowest BCUT2D eigenvalue weighted by Gasteiger charge is -2.32. The first kappa shape index (κ1) is 20.8. The summed E-state index contributed by atoms with van der Waals surface area (Å²) in [4.78, 5) is 6.97. The van der Waals surface area contributed by atoms with Gasteiger partial charge in [-0.1, -0.05) is 49.7 Å². The predicted molar refractivity (Wildman–Crippen MR) is 134 cm³/mol. The van der Waals surface area contributed by atoms with E-state index in [9.17, 15) is 0 Å². The molecule has 0 bridgehead atoms. The van der Waals surface area contributed by atoms with Crippen molar-refractivity contribution in [3.8, 4) is 11.4 Å². The lowest BCUT2D eigenvalue weighted by Crippen LogP contribution is -2.24. The lowest BCUT2D eigenvalue weighted by molar-refractivity contribution is 0.713. The fraction of sp³-hybridized carbons (Fsp3) is 0.286. The van der Waals surface area contributed by atoms with E-state index in [0.29, 0.717) is 5.82 Å². The summed E-state index contributed by atoms with van der Waals surface area (Å²) in [5.74, 6) is 0.614. The Kier molecular flexibility index (Phi) is 5.41. The van der Waals surface area contributed by atoms with Crippen molar-refractivity contribution in [1.29, 1.82) is 0 Å². The first-order valence-electron chi connectivity index (χ1n) is 12.2. The second-order valence-electron chi connectivity index (χ2n) is 9.13. The zero-order valence-electron chi connectivity index (χ0n) is 19.4. The Hall–Kier alpha value is -3.80. The van der Waals surface area contributed by atoms with E-state index in [0.717, 1.165) is 30.5 Å². The van der Waals surface area contributed by atoms with Gasteiger partial charge in [-0.25, -0.2) is 0 Å². The normalized spacial score (nSPS) is 17.1. The second-order valence-corrected chi connectivity index (χ2v) is 9.13. The van der Waals surface area contributed by atoms with Gasteiger partial charge in [0.1, 0.15) is 0 Å². The maximum absolute atomic E-state index is 4.45. The number of unbranched alkanes of at least 4 members (excludes halogenated alkanes) is 1. The molecule has 0 spiro atoms. The van der Waals surface area contributed by atoms with Crippen LogP contribution >= 0.6 is 0 Å². The summed E-state index contributed by atoms with van der Waals surface area (Å²) >= 11 is 0. The molecule has 2 aliphatic rings. The van der Waals surface area contributed by atoms with E-state index < -0.39 is 0 Å². The Morgan fingerprint density at radius 1 is 1.06 bits per heavy atom. The van der Waals surface area contributed by atoms with E-state index in [4.69, 9.17) is 0 Å². The van der Waals surface area contributed by atoms with Crippen LogP contribution in [0.3, 0.4) is 0 Å². The number of tetrazole rings is 1. The molecule has 3 heterocycles. The number of allylic oxidation sites excluding steroid dienone is 1. The Morgan fingerprint density at radius 2 is 2.00 bits per heavy atom. The smallest absolute Gasteiger partial charge is 0.204 e. The van der Waals surface area contributed by atoms with Crippen molar-refractivity contribution in [2.75, 3.05) is 4.90 Å². The molecule has 34 heavy (non-hydrogen) atoms. The summed E-state index contributed by atoms with van der Waals surface area (Å²) in [7, 11) is 0. The molecule has 0 saturated carbocycles. The predicted octanol–water partition coefficient (Wildman–Crippen LogP) is 5.91. The van der Waals surface area contributed by atoms with Crippen LogP contribution in [-0.2, 0) is 12.8 Å². The maximum Gasteiger partial charge on any atom is 0.204 e. The highest BCUT2D eigenvalue weighted by atomic mass is 15.5. The lowest BCUT2D eigenvalue weighted by atomic mass is 9.84. The molecule has 0 radical (unpaired) electrons. The third-order valence-corrected chi connectivity index (χ3v) is 7.15. The molecule has 0 saturated heterocycles. The average molecular weight is 449 g/mol. The molecule has 170 valence electrons. The summed E-state index contributed by atoms with van der Waals surface area (Å²) in [6.07, 6.45) is 10.6. The molecule has 1 aliphatic heterocycles. The SMILES string of the molecule is CCCCc1cccc2c1CCC1=C2CC(c2cccnc2)N1c1cccc(-c2nn[nH]n2)c1. The van der Waals surface area contributed by atoms with Crippen LogP contribution in [0.1, 0.15) is 60.9 Å². The van der Waals surface area contributed by atoms with Gasteiger partial charge in [0.2, 0.25) is 5.82 Å². The maximum atomic E-state index is 4.45. The molecule has 2 aromatic carbocycles. The van der Waals surface area contributed by atoms with Crippen LogP contribution in [0.15, 0.2) is 72.7 Å². The number of nitrogens with one attached hydrogen (secondary N) is 1. The third-order valence-electron chi connectivity index (χ3n) is 7.15. The highest BCUT2D eigenvalue weighted by Gasteiger charge is 2.37. The number of hydrogen-bond donors (Lipinski definition) is 1. The number of aromatic amines is 1. The molecule has 0 amide bonds. The molecule has 6 rings (SSSR count). The highest BCUT2D eigenvalue weighted by molar-refractivity contribution is 5.82. The van der Waals surface area contributed by atoms with Crippen molar-refractivity contribution in [3.63, 3.8) is 0 Å². The van der Waals surface area contributed by atoms with Gasteiger partial charge >= 0.3 is 0 Å². The molecular formula is C28H28N6. The molecule has 6 nitrogen and oxygen atoms in total. The molecular weight excluding hydrogens is 420 g/mol. The summed E-state index contributed by atoms with van der Waals surface area (Å²) in [6, 6.07) is 19.9. The zero-order chi connectivity index (χ0) is 22.9. The molecule has 4 aromatic rings. The van der Waals surface area contributed by atoms with E-state index in [-0.39, 0.29) is 6.04 Å². The van der Waals surface area contributed by atoms with Gasteiger partial charge in [-0.05, 0) is 83.3 Å². The van der Waals surface area contributed by atoms with Gasteiger partial charge in [-0.3, -0.25) is 4.98 Å². The number of H-pyrrole nitrogens is 1. The summed E-state index contributed by atoms with van der Waals surface area (Å²) < 4.78 is 0. The van der Waals surface area contributed by atoms with E-state index >= 15 is 0 Å². The van der Waals surface area contributed by atoms with Gasteiger partial charge in [0, 0.05) is 29.3 Å². The van der Waals surface area contributed by atoms with Crippen molar-refractivity contribution in [2.24, 2.45) is 0 Å². The Bertz CT molecular complexity index is 1330. The number of aryl methyl sites for hydroxylation is 1. The van der Waals surface area contributed by atoms with Crippen molar-refractivity contribution >= 4 is 11.3 Å². The quantitative estimate of drug-likeness (QED) is 0.397. The van der Waals surface area contributed by atoms with Gasteiger partial charge in [-0.2, -0.15) is 5.21 Å². The van der Waals surface area contributed by atoms with Gasteiger partial charge in [0.15, 0.2) is 0 Å². The van der Waals surface area contributed by atoms with Crippen LogP contribution in [0.4, 0.5) is 5.69 Å². The minimum Gasteiger partial charge on any atom is -0.337 e. The summed E-state index contributed by atoms with van der Waals surface area (Å²) in [5.41, 5.74) is 10.8. The third kappa shape index (κ3) is 3.59. The first-order chi connectivity index (χ1) is 16.8. The highest BCUT2D eigenvalue weighted by Crippen LogP contribution is 2.50. The minimum atomic E-state index is 0.212. The summed E-state index contributed by atoms with van der Waals surface area (Å²) in [5, 5.41) is 14.7. The Morgan fingerprint density at radius 3 is 2.82 bits per heavy atom. The van der Waals surface area contributed by atoms with Gasteiger partial charge in [0.05, 0.1) is 6.04 Å². The molecule has 1 unspecified atom stereocenters. The number of hydrogen-bond acceptors (Lipinski definition) is 5. The fourth-order valence-corrected chi connectivity index (χ4v) is 5.58. The van der Waals surface area contributed by atoms with Crippen LogP contribution in [0.5, 0.6) is 0 Å².